The molecule has 1 atom stereocenters. The molecular weight excluding hydrogens is 344 g/mol. The second kappa shape index (κ2) is 9.38. The molecule has 4 rings (SSSR count). The fourth-order valence-electron chi connectivity index (χ4n) is 4.92. The van der Waals surface area contributed by atoms with Crippen molar-refractivity contribution in [2.75, 3.05) is 13.1 Å². The van der Waals surface area contributed by atoms with E-state index >= 15 is 0 Å². The van der Waals surface area contributed by atoms with Crippen molar-refractivity contribution in [3.05, 3.63) is 71.3 Å². The number of likely N-dealkylation sites (tertiary alicyclic amines) is 1. The minimum absolute atomic E-state index is 0.0171. The van der Waals surface area contributed by atoms with Gasteiger partial charge in [-0.05, 0) is 61.4 Å². The van der Waals surface area contributed by atoms with Crippen molar-refractivity contribution in [1.29, 1.82) is 0 Å². The van der Waals surface area contributed by atoms with Crippen LogP contribution in [0.1, 0.15) is 61.1 Å². The molecule has 3 heteroatoms. The van der Waals surface area contributed by atoms with Crippen LogP contribution in [0.5, 0.6) is 0 Å². The molecular formula is C25H32N2O. The Morgan fingerprint density at radius 1 is 0.929 bits per heavy atom. The van der Waals surface area contributed by atoms with E-state index in [9.17, 15) is 4.79 Å². The van der Waals surface area contributed by atoms with Gasteiger partial charge in [0.1, 0.15) is 0 Å². The van der Waals surface area contributed by atoms with E-state index in [0.29, 0.717) is 12.5 Å². The van der Waals surface area contributed by atoms with Crippen LogP contribution in [0.2, 0.25) is 0 Å². The van der Waals surface area contributed by atoms with E-state index in [2.05, 4.69) is 46.6 Å². The Balaban J connectivity index is 1.40. The van der Waals surface area contributed by atoms with Gasteiger partial charge in [-0.15, -0.1) is 0 Å². The van der Waals surface area contributed by atoms with Crippen molar-refractivity contribution >= 4 is 5.91 Å². The first-order valence-electron chi connectivity index (χ1n) is 10.9. The van der Waals surface area contributed by atoms with Gasteiger partial charge in [-0.1, -0.05) is 67.4 Å². The first kappa shape index (κ1) is 19.2. The third kappa shape index (κ3) is 4.82. The lowest BCUT2D eigenvalue weighted by atomic mass is 9.84. The summed E-state index contributed by atoms with van der Waals surface area (Å²) in [6, 6.07) is 19.1. The maximum absolute atomic E-state index is 13.1. The van der Waals surface area contributed by atoms with Crippen LogP contribution in [0.15, 0.2) is 54.6 Å². The van der Waals surface area contributed by atoms with E-state index in [1.807, 2.05) is 18.2 Å². The first-order valence-corrected chi connectivity index (χ1v) is 10.9. The van der Waals surface area contributed by atoms with Crippen molar-refractivity contribution in [2.45, 2.75) is 57.5 Å². The zero-order valence-electron chi connectivity index (χ0n) is 16.8. The quantitative estimate of drug-likeness (QED) is 0.747. The Morgan fingerprint density at radius 2 is 1.64 bits per heavy atom. The highest BCUT2D eigenvalue weighted by atomic mass is 16.1. The lowest BCUT2D eigenvalue weighted by Gasteiger charge is -2.23. The molecule has 1 heterocycles. The SMILES string of the molecule is O=C(NCc1cccc(CN2CCCC2)c1)[C@H](c1ccccc1)C1CCCC1. The molecule has 0 aromatic heterocycles. The summed E-state index contributed by atoms with van der Waals surface area (Å²) in [5.74, 6) is 0.642. The van der Waals surface area contributed by atoms with Gasteiger partial charge in [-0.25, -0.2) is 0 Å². The van der Waals surface area contributed by atoms with Crippen LogP contribution < -0.4 is 5.32 Å². The highest BCUT2D eigenvalue weighted by Crippen LogP contribution is 2.37. The van der Waals surface area contributed by atoms with Gasteiger partial charge in [0.15, 0.2) is 0 Å². The maximum atomic E-state index is 13.1. The third-order valence-corrected chi connectivity index (χ3v) is 6.38. The second-order valence-corrected chi connectivity index (χ2v) is 8.45. The number of carbonyl (C=O) groups excluding carboxylic acids is 1. The summed E-state index contributed by atoms with van der Waals surface area (Å²) in [6.07, 6.45) is 7.46. The van der Waals surface area contributed by atoms with Gasteiger partial charge in [0, 0.05) is 13.1 Å². The summed E-state index contributed by atoms with van der Waals surface area (Å²) in [7, 11) is 0. The van der Waals surface area contributed by atoms with E-state index < -0.39 is 0 Å². The minimum atomic E-state index is -0.0171. The average Bonchev–Trinajstić information content (AvgIpc) is 3.42. The van der Waals surface area contributed by atoms with E-state index in [-0.39, 0.29) is 11.8 Å². The lowest BCUT2D eigenvalue weighted by molar-refractivity contribution is -0.123. The molecule has 148 valence electrons. The van der Waals surface area contributed by atoms with Gasteiger partial charge < -0.3 is 5.32 Å². The Hall–Kier alpha value is -2.13. The van der Waals surface area contributed by atoms with E-state index in [0.717, 1.165) is 24.9 Å². The molecule has 1 saturated carbocycles. The van der Waals surface area contributed by atoms with E-state index in [1.54, 1.807) is 0 Å². The van der Waals surface area contributed by atoms with Crippen LogP contribution in [-0.2, 0) is 17.9 Å². The standard InChI is InChI=1S/C25H32N2O/c28-25(24(23-13-4-5-14-23)22-11-2-1-3-12-22)26-18-20-9-8-10-21(17-20)19-27-15-6-7-16-27/h1-3,8-12,17,23-24H,4-7,13-16,18-19H2,(H,26,28)/t24-/m1/s1. The number of rotatable bonds is 7. The van der Waals surface area contributed by atoms with Gasteiger partial charge in [-0.3, -0.25) is 9.69 Å². The molecule has 2 aromatic carbocycles. The maximum Gasteiger partial charge on any atom is 0.228 e. The molecule has 1 N–H and O–H groups in total. The number of nitrogens with zero attached hydrogens (tertiary/aromatic N) is 1. The smallest absolute Gasteiger partial charge is 0.228 e. The lowest BCUT2D eigenvalue weighted by Crippen LogP contribution is -2.32. The van der Waals surface area contributed by atoms with Crippen LogP contribution in [0.4, 0.5) is 0 Å². The second-order valence-electron chi connectivity index (χ2n) is 8.45. The number of carbonyl (C=O) groups is 1. The average molecular weight is 377 g/mol. The van der Waals surface area contributed by atoms with Crippen LogP contribution in [0.3, 0.4) is 0 Å². The van der Waals surface area contributed by atoms with Crippen molar-refractivity contribution in [1.82, 2.24) is 10.2 Å². The number of amides is 1. The molecule has 0 radical (unpaired) electrons. The molecule has 0 unspecified atom stereocenters. The highest BCUT2D eigenvalue weighted by molar-refractivity contribution is 5.84. The molecule has 0 bridgehead atoms. The molecule has 1 saturated heterocycles. The molecule has 3 nitrogen and oxygen atoms in total. The molecule has 2 fully saturated rings. The molecule has 1 aliphatic heterocycles. The monoisotopic (exact) mass is 376 g/mol. The predicted molar refractivity (Wildman–Crippen MR) is 114 cm³/mol. The van der Waals surface area contributed by atoms with E-state index in [4.69, 9.17) is 0 Å². The molecule has 2 aliphatic rings. The van der Waals surface area contributed by atoms with Crippen LogP contribution in [0, 0.1) is 5.92 Å². The van der Waals surface area contributed by atoms with Crippen molar-refractivity contribution in [3.8, 4) is 0 Å². The largest absolute Gasteiger partial charge is 0.351 e. The van der Waals surface area contributed by atoms with Gasteiger partial charge in [0.2, 0.25) is 5.91 Å². The zero-order valence-corrected chi connectivity index (χ0v) is 16.8. The number of hydrogen-bond acceptors (Lipinski definition) is 2. The zero-order chi connectivity index (χ0) is 19.2. The van der Waals surface area contributed by atoms with Gasteiger partial charge in [0.25, 0.3) is 0 Å². The molecule has 1 amide bonds. The third-order valence-electron chi connectivity index (χ3n) is 6.38. The fraction of sp³-hybridized carbons (Fsp3) is 0.480. The van der Waals surface area contributed by atoms with Gasteiger partial charge in [-0.2, -0.15) is 0 Å². The minimum Gasteiger partial charge on any atom is -0.351 e. The Labute approximate surface area is 169 Å². The Kier molecular flexibility index (Phi) is 6.43. The summed E-state index contributed by atoms with van der Waals surface area (Å²) < 4.78 is 0. The molecule has 2 aromatic rings. The number of nitrogens with one attached hydrogen (secondary N) is 1. The van der Waals surface area contributed by atoms with Crippen LogP contribution >= 0.6 is 0 Å². The molecule has 1 aliphatic carbocycles. The Bertz CT molecular complexity index is 761. The fourth-order valence-corrected chi connectivity index (χ4v) is 4.92. The normalized spacial score (nSPS) is 19.0. The van der Waals surface area contributed by atoms with Crippen molar-refractivity contribution in [2.24, 2.45) is 5.92 Å². The molecule has 0 spiro atoms. The van der Waals surface area contributed by atoms with Crippen molar-refractivity contribution < 1.29 is 4.79 Å². The predicted octanol–water partition coefficient (Wildman–Crippen LogP) is 4.87. The highest BCUT2D eigenvalue weighted by Gasteiger charge is 2.31. The Morgan fingerprint density at radius 3 is 2.39 bits per heavy atom. The summed E-state index contributed by atoms with van der Waals surface area (Å²) in [5.41, 5.74) is 3.71. The van der Waals surface area contributed by atoms with Crippen LogP contribution in [0.25, 0.3) is 0 Å². The van der Waals surface area contributed by atoms with Gasteiger partial charge >= 0.3 is 0 Å². The topological polar surface area (TPSA) is 32.3 Å². The number of benzene rings is 2. The van der Waals surface area contributed by atoms with Crippen LogP contribution in [-0.4, -0.2) is 23.9 Å². The summed E-state index contributed by atoms with van der Waals surface area (Å²) >= 11 is 0. The summed E-state index contributed by atoms with van der Waals surface area (Å²) in [4.78, 5) is 15.7. The van der Waals surface area contributed by atoms with Gasteiger partial charge in [0.05, 0.1) is 5.92 Å². The summed E-state index contributed by atoms with van der Waals surface area (Å²) in [6.45, 7) is 4.06. The molecule has 28 heavy (non-hydrogen) atoms. The number of hydrogen-bond donors (Lipinski definition) is 1. The van der Waals surface area contributed by atoms with Crippen molar-refractivity contribution in [3.63, 3.8) is 0 Å². The first-order chi connectivity index (χ1) is 13.8. The summed E-state index contributed by atoms with van der Waals surface area (Å²) in [5, 5.41) is 3.24. The van der Waals surface area contributed by atoms with E-state index in [1.165, 1.54) is 49.9 Å².